The van der Waals surface area contributed by atoms with Gasteiger partial charge in [-0.2, -0.15) is 4.98 Å². The van der Waals surface area contributed by atoms with Crippen LogP contribution in [0.4, 0.5) is 0 Å². The number of benzene rings is 2. The molecule has 0 unspecified atom stereocenters. The minimum atomic E-state index is -0.136. The highest BCUT2D eigenvalue weighted by atomic mass is 16.5. The van der Waals surface area contributed by atoms with Gasteiger partial charge < -0.3 is 24.1 Å². The standard InChI is InChI=1S/C21H22N2O5/c1-25-16-7-5-6-15(12-16)13-20-22-14-19(21(23-20)27-11-10-24)28-18-9-4-3-8-17(18)26-2/h3-9,12,14,24H,10-11,13H2,1-2H3. The molecule has 28 heavy (non-hydrogen) atoms. The van der Waals surface area contributed by atoms with Crippen molar-refractivity contribution in [1.82, 2.24) is 9.97 Å². The number of ether oxygens (including phenoxy) is 4. The summed E-state index contributed by atoms with van der Waals surface area (Å²) in [6, 6.07) is 14.9. The number of para-hydroxylation sites is 2. The first-order valence-electron chi connectivity index (χ1n) is 8.77. The maximum atomic E-state index is 9.11. The van der Waals surface area contributed by atoms with Gasteiger partial charge in [0.05, 0.1) is 27.0 Å². The fourth-order valence-electron chi connectivity index (χ4n) is 2.58. The monoisotopic (exact) mass is 382 g/mol. The third-order valence-electron chi connectivity index (χ3n) is 3.89. The molecule has 0 saturated carbocycles. The Bertz CT molecular complexity index is 917. The largest absolute Gasteiger partial charge is 0.497 e. The topological polar surface area (TPSA) is 82.9 Å². The maximum absolute atomic E-state index is 9.11. The van der Waals surface area contributed by atoms with Crippen molar-refractivity contribution in [3.05, 3.63) is 66.1 Å². The molecule has 1 N–H and O–H groups in total. The SMILES string of the molecule is COc1cccc(Cc2ncc(Oc3ccccc3OC)c(OCCO)n2)c1. The van der Waals surface area contributed by atoms with E-state index in [0.717, 1.165) is 11.3 Å². The van der Waals surface area contributed by atoms with Crippen LogP contribution in [-0.2, 0) is 6.42 Å². The molecule has 0 aliphatic rings. The van der Waals surface area contributed by atoms with E-state index < -0.39 is 0 Å². The highest BCUT2D eigenvalue weighted by Gasteiger charge is 2.14. The van der Waals surface area contributed by atoms with E-state index >= 15 is 0 Å². The molecule has 0 radical (unpaired) electrons. The van der Waals surface area contributed by atoms with E-state index in [1.165, 1.54) is 0 Å². The summed E-state index contributed by atoms with van der Waals surface area (Å²) >= 11 is 0. The van der Waals surface area contributed by atoms with Crippen LogP contribution in [0.3, 0.4) is 0 Å². The first-order chi connectivity index (χ1) is 13.7. The molecule has 0 spiro atoms. The molecule has 0 saturated heterocycles. The summed E-state index contributed by atoms with van der Waals surface area (Å²) in [4.78, 5) is 8.85. The Balaban J connectivity index is 1.86. The summed E-state index contributed by atoms with van der Waals surface area (Å²) in [5.74, 6) is 3.03. The molecule has 1 heterocycles. The Morgan fingerprint density at radius 3 is 2.50 bits per heavy atom. The van der Waals surface area contributed by atoms with E-state index in [1.54, 1.807) is 32.5 Å². The second kappa shape index (κ2) is 9.57. The molecule has 0 atom stereocenters. The minimum Gasteiger partial charge on any atom is -0.497 e. The van der Waals surface area contributed by atoms with Gasteiger partial charge in [-0.25, -0.2) is 4.98 Å². The third kappa shape index (κ3) is 4.89. The fraction of sp³-hybridized carbons (Fsp3) is 0.238. The molecule has 0 aliphatic heterocycles. The number of methoxy groups -OCH3 is 2. The quantitative estimate of drug-likeness (QED) is 0.608. The summed E-state index contributed by atoms with van der Waals surface area (Å²) < 4.78 is 22.0. The molecule has 0 fully saturated rings. The van der Waals surface area contributed by atoms with Gasteiger partial charge in [0.1, 0.15) is 18.2 Å². The Hall–Kier alpha value is -3.32. The molecule has 1 aromatic heterocycles. The van der Waals surface area contributed by atoms with Gasteiger partial charge in [-0.15, -0.1) is 0 Å². The average Bonchev–Trinajstić information content (AvgIpc) is 2.74. The van der Waals surface area contributed by atoms with Gasteiger partial charge in [0, 0.05) is 6.42 Å². The van der Waals surface area contributed by atoms with Crippen LogP contribution < -0.4 is 18.9 Å². The number of aliphatic hydroxyl groups excluding tert-OH is 1. The second-order valence-corrected chi connectivity index (χ2v) is 5.81. The van der Waals surface area contributed by atoms with Crippen molar-refractivity contribution in [2.45, 2.75) is 6.42 Å². The van der Waals surface area contributed by atoms with E-state index in [-0.39, 0.29) is 19.1 Å². The van der Waals surface area contributed by atoms with Gasteiger partial charge in [-0.05, 0) is 29.8 Å². The van der Waals surface area contributed by atoms with Crippen molar-refractivity contribution in [3.63, 3.8) is 0 Å². The van der Waals surface area contributed by atoms with E-state index in [2.05, 4.69) is 9.97 Å². The first-order valence-corrected chi connectivity index (χ1v) is 8.77. The zero-order valence-electron chi connectivity index (χ0n) is 15.8. The van der Waals surface area contributed by atoms with Crippen LogP contribution in [0.5, 0.6) is 28.9 Å². The van der Waals surface area contributed by atoms with Crippen LogP contribution in [0, 0.1) is 0 Å². The van der Waals surface area contributed by atoms with E-state index in [0.29, 0.717) is 29.5 Å². The Labute approximate surface area is 163 Å². The molecule has 2 aromatic carbocycles. The normalized spacial score (nSPS) is 10.4. The number of aromatic nitrogens is 2. The van der Waals surface area contributed by atoms with E-state index in [4.69, 9.17) is 24.1 Å². The summed E-state index contributed by atoms with van der Waals surface area (Å²) in [6.07, 6.45) is 2.06. The number of rotatable bonds is 9. The molecule has 0 bridgehead atoms. The lowest BCUT2D eigenvalue weighted by atomic mass is 10.1. The van der Waals surface area contributed by atoms with Crippen molar-refractivity contribution in [2.75, 3.05) is 27.4 Å². The van der Waals surface area contributed by atoms with Gasteiger partial charge in [-0.1, -0.05) is 24.3 Å². The van der Waals surface area contributed by atoms with Crippen LogP contribution in [0.1, 0.15) is 11.4 Å². The van der Waals surface area contributed by atoms with Crippen molar-refractivity contribution in [3.8, 4) is 28.9 Å². The summed E-state index contributed by atoms with van der Waals surface area (Å²) in [5.41, 5.74) is 1.01. The van der Waals surface area contributed by atoms with Crippen molar-refractivity contribution in [1.29, 1.82) is 0 Å². The highest BCUT2D eigenvalue weighted by Crippen LogP contribution is 2.35. The average molecular weight is 382 g/mol. The van der Waals surface area contributed by atoms with Crippen LogP contribution >= 0.6 is 0 Å². The zero-order chi connectivity index (χ0) is 19.8. The first kappa shape index (κ1) is 19.4. The summed E-state index contributed by atoms with van der Waals surface area (Å²) in [6.45, 7) is -0.0405. The van der Waals surface area contributed by atoms with Crippen molar-refractivity contribution in [2.24, 2.45) is 0 Å². The number of nitrogens with zero attached hydrogens (tertiary/aromatic N) is 2. The third-order valence-corrected chi connectivity index (χ3v) is 3.89. The van der Waals surface area contributed by atoms with Gasteiger partial charge in [-0.3, -0.25) is 0 Å². The summed E-state index contributed by atoms with van der Waals surface area (Å²) in [7, 11) is 3.19. The molecule has 3 aromatic rings. The number of hydrogen-bond acceptors (Lipinski definition) is 7. The molecule has 146 valence electrons. The van der Waals surface area contributed by atoms with Crippen molar-refractivity contribution >= 4 is 0 Å². The Morgan fingerprint density at radius 2 is 1.75 bits per heavy atom. The molecule has 7 nitrogen and oxygen atoms in total. The van der Waals surface area contributed by atoms with Gasteiger partial charge >= 0.3 is 0 Å². The predicted octanol–water partition coefficient (Wildman–Crippen LogP) is 3.25. The second-order valence-electron chi connectivity index (χ2n) is 5.81. The van der Waals surface area contributed by atoms with Crippen LogP contribution in [0.15, 0.2) is 54.7 Å². The lowest BCUT2D eigenvalue weighted by Gasteiger charge is -2.13. The van der Waals surface area contributed by atoms with Crippen LogP contribution in [0.25, 0.3) is 0 Å². The number of aliphatic hydroxyl groups is 1. The fourth-order valence-corrected chi connectivity index (χ4v) is 2.58. The van der Waals surface area contributed by atoms with Crippen molar-refractivity contribution < 1.29 is 24.1 Å². The number of hydrogen-bond donors (Lipinski definition) is 1. The lowest BCUT2D eigenvalue weighted by molar-refractivity contribution is 0.192. The maximum Gasteiger partial charge on any atom is 0.261 e. The minimum absolute atomic E-state index is 0.0951. The highest BCUT2D eigenvalue weighted by molar-refractivity contribution is 5.44. The van der Waals surface area contributed by atoms with Crippen LogP contribution in [-0.4, -0.2) is 42.5 Å². The molecule has 0 amide bonds. The van der Waals surface area contributed by atoms with E-state index in [9.17, 15) is 0 Å². The molecular weight excluding hydrogens is 360 g/mol. The lowest BCUT2D eigenvalue weighted by Crippen LogP contribution is -2.07. The molecular formula is C21H22N2O5. The Morgan fingerprint density at radius 1 is 0.929 bits per heavy atom. The molecule has 3 rings (SSSR count). The zero-order valence-corrected chi connectivity index (χ0v) is 15.8. The molecule has 0 aliphatic carbocycles. The smallest absolute Gasteiger partial charge is 0.261 e. The van der Waals surface area contributed by atoms with Gasteiger partial charge in [0.25, 0.3) is 5.88 Å². The van der Waals surface area contributed by atoms with Gasteiger partial charge in [0.2, 0.25) is 5.75 Å². The van der Waals surface area contributed by atoms with Crippen LogP contribution in [0.2, 0.25) is 0 Å². The van der Waals surface area contributed by atoms with E-state index in [1.807, 2.05) is 36.4 Å². The Kier molecular flexibility index (Phi) is 6.64. The molecule has 7 heteroatoms. The van der Waals surface area contributed by atoms with Gasteiger partial charge in [0.15, 0.2) is 11.5 Å². The predicted molar refractivity (Wildman–Crippen MR) is 103 cm³/mol. The summed E-state index contributed by atoms with van der Waals surface area (Å²) in [5, 5.41) is 9.11.